The van der Waals surface area contributed by atoms with Crippen LogP contribution in [0.4, 0.5) is 5.69 Å². The quantitative estimate of drug-likeness (QED) is 0.624. The molecule has 0 saturated heterocycles. The van der Waals surface area contributed by atoms with Crippen LogP contribution in [0.25, 0.3) is 21.8 Å². The molecule has 1 aromatic carbocycles. The zero-order valence-corrected chi connectivity index (χ0v) is 13.9. The number of carbonyl (C=O) groups excluding carboxylic acids is 1. The summed E-state index contributed by atoms with van der Waals surface area (Å²) in [6, 6.07) is 11.1. The summed E-state index contributed by atoms with van der Waals surface area (Å²) in [5.41, 5.74) is 3.28. The molecule has 124 valence electrons. The maximum atomic E-state index is 12.5. The van der Waals surface area contributed by atoms with Gasteiger partial charge in [0.25, 0.3) is 5.91 Å². The number of ether oxygens (including phenoxy) is 1. The minimum absolute atomic E-state index is 0.183. The van der Waals surface area contributed by atoms with Gasteiger partial charge in [-0.3, -0.25) is 9.78 Å². The number of fused-ring (bicyclic) bond motifs is 3. The molecule has 1 amide bonds. The number of aryl methyl sites for hydroxylation is 1. The third-order valence-electron chi connectivity index (χ3n) is 4.27. The van der Waals surface area contributed by atoms with Crippen molar-refractivity contribution < 1.29 is 9.53 Å². The minimum Gasteiger partial charge on any atom is -0.481 e. The van der Waals surface area contributed by atoms with Gasteiger partial charge in [0.2, 0.25) is 5.88 Å². The number of hydrogen-bond donors (Lipinski definition) is 1. The van der Waals surface area contributed by atoms with Crippen molar-refractivity contribution in [1.29, 1.82) is 0 Å². The van der Waals surface area contributed by atoms with E-state index < -0.39 is 0 Å². The molecule has 0 radical (unpaired) electrons. The summed E-state index contributed by atoms with van der Waals surface area (Å²) in [5, 5.41) is 5.00. The van der Waals surface area contributed by atoms with Crippen molar-refractivity contribution in [2.75, 3.05) is 12.4 Å². The predicted octanol–water partition coefficient (Wildman–Crippen LogP) is 3.38. The smallest absolute Gasteiger partial charge is 0.255 e. The van der Waals surface area contributed by atoms with Crippen LogP contribution in [0.1, 0.15) is 10.4 Å². The predicted molar refractivity (Wildman–Crippen MR) is 97.0 cm³/mol. The molecule has 0 unspecified atom stereocenters. The Kier molecular flexibility index (Phi) is 3.57. The molecule has 0 aliphatic carbocycles. The van der Waals surface area contributed by atoms with Gasteiger partial charge < -0.3 is 14.6 Å². The highest BCUT2D eigenvalue weighted by molar-refractivity contribution is 6.11. The minimum atomic E-state index is -0.183. The van der Waals surface area contributed by atoms with Gasteiger partial charge in [-0.05, 0) is 24.3 Å². The van der Waals surface area contributed by atoms with E-state index in [-0.39, 0.29) is 5.91 Å². The Labute approximate surface area is 144 Å². The van der Waals surface area contributed by atoms with Crippen molar-refractivity contribution in [2.45, 2.75) is 0 Å². The lowest BCUT2D eigenvalue weighted by atomic mass is 10.1. The summed E-state index contributed by atoms with van der Waals surface area (Å²) in [7, 11) is 3.54. The summed E-state index contributed by atoms with van der Waals surface area (Å²) >= 11 is 0. The molecule has 0 aliphatic rings. The van der Waals surface area contributed by atoms with E-state index in [1.165, 1.54) is 0 Å². The van der Waals surface area contributed by atoms with Gasteiger partial charge in [-0.15, -0.1) is 0 Å². The lowest BCUT2D eigenvalue weighted by Gasteiger charge is -2.06. The summed E-state index contributed by atoms with van der Waals surface area (Å²) < 4.78 is 7.08. The van der Waals surface area contributed by atoms with Crippen LogP contribution in [0.3, 0.4) is 0 Å². The monoisotopic (exact) mass is 332 g/mol. The summed E-state index contributed by atoms with van der Waals surface area (Å²) in [4.78, 5) is 20.8. The second kappa shape index (κ2) is 5.90. The molecule has 1 N–H and O–H groups in total. The number of hydrogen-bond acceptors (Lipinski definition) is 4. The van der Waals surface area contributed by atoms with Gasteiger partial charge in [-0.2, -0.15) is 0 Å². The maximum Gasteiger partial charge on any atom is 0.255 e. The van der Waals surface area contributed by atoms with Gasteiger partial charge in [-0.25, -0.2) is 4.98 Å². The molecule has 3 aromatic heterocycles. The molecular weight excluding hydrogens is 316 g/mol. The molecule has 4 rings (SSSR count). The zero-order valence-electron chi connectivity index (χ0n) is 13.9. The van der Waals surface area contributed by atoms with Gasteiger partial charge in [-0.1, -0.05) is 6.07 Å². The van der Waals surface area contributed by atoms with Crippen molar-refractivity contribution in [3.05, 3.63) is 60.6 Å². The van der Waals surface area contributed by atoms with E-state index >= 15 is 0 Å². The van der Waals surface area contributed by atoms with Crippen LogP contribution >= 0.6 is 0 Å². The highest BCUT2D eigenvalue weighted by atomic mass is 16.5. The maximum absolute atomic E-state index is 12.5. The number of pyridine rings is 2. The lowest BCUT2D eigenvalue weighted by Crippen LogP contribution is -2.12. The van der Waals surface area contributed by atoms with Gasteiger partial charge >= 0.3 is 0 Å². The molecule has 3 heterocycles. The number of amides is 1. The molecule has 0 saturated carbocycles. The SMILES string of the molecule is COc1ccc(NC(=O)c2ccc3c4cnccc4n(C)c3c2)cn1. The van der Waals surface area contributed by atoms with E-state index in [0.717, 1.165) is 21.8 Å². The van der Waals surface area contributed by atoms with Crippen LogP contribution in [0, 0.1) is 0 Å². The Bertz CT molecular complexity index is 1080. The first kappa shape index (κ1) is 15.1. The van der Waals surface area contributed by atoms with Crippen LogP contribution in [-0.4, -0.2) is 27.6 Å². The molecular formula is C19H16N4O2. The summed E-state index contributed by atoms with van der Waals surface area (Å²) in [6.07, 6.45) is 5.18. The van der Waals surface area contributed by atoms with E-state index in [4.69, 9.17) is 4.74 Å². The third-order valence-corrected chi connectivity index (χ3v) is 4.27. The molecule has 0 aliphatic heterocycles. The number of aromatic nitrogens is 3. The van der Waals surface area contributed by atoms with Gasteiger partial charge in [0.05, 0.1) is 24.5 Å². The Morgan fingerprint density at radius 1 is 1.08 bits per heavy atom. The number of carbonyl (C=O) groups is 1. The van der Waals surface area contributed by atoms with Gasteiger partial charge in [0.15, 0.2) is 0 Å². The number of rotatable bonds is 3. The Morgan fingerprint density at radius 2 is 1.96 bits per heavy atom. The number of nitrogens with zero attached hydrogens (tertiary/aromatic N) is 3. The number of anilines is 1. The Hall–Kier alpha value is -3.41. The van der Waals surface area contributed by atoms with Crippen molar-refractivity contribution >= 4 is 33.4 Å². The fraction of sp³-hybridized carbons (Fsp3) is 0.105. The van der Waals surface area contributed by atoms with E-state index in [9.17, 15) is 4.79 Å². The summed E-state index contributed by atoms with van der Waals surface area (Å²) in [6.45, 7) is 0. The highest BCUT2D eigenvalue weighted by Crippen LogP contribution is 2.28. The first-order chi connectivity index (χ1) is 12.2. The van der Waals surface area contributed by atoms with Crippen LogP contribution in [0.2, 0.25) is 0 Å². The standard InChI is InChI=1S/C19H16N4O2/c1-23-16-7-8-20-11-15(16)14-5-3-12(9-17(14)23)19(24)22-13-4-6-18(25-2)21-10-13/h3-11H,1-2H3,(H,22,24). The van der Waals surface area contributed by atoms with E-state index in [0.29, 0.717) is 17.1 Å². The fourth-order valence-corrected chi connectivity index (χ4v) is 2.97. The van der Waals surface area contributed by atoms with Crippen molar-refractivity contribution in [2.24, 2.45) is 7.05 Å². The van der Waals surface area contributed by atoms with Gasteiger partial charge in [0.1, 0.15) is 0 Å². The van der Waals surface area contributed by atoms with E-state index in [2.05, 4.69) is 19.9 Å². The van der Waals surface area contributed by atoms with E-state index in [1.54, 1.807) is 31.6 Å². The lowest BCUT2D eigenvalue weighted by molar-refractivity contribution is 0.102. The molecule has 25 heavy (non-hydrogen) atoms. The Balaban J connectivity index is 1.69. The molecule has 0 atom stereocenters. The second-order valence-electron chi connectivity index (χ2n) is 5.73. The van der Waals surface area contributed by atoms with Crippen LogP contribution < -0.4 is 10.1 Å². The van der Waals surface area contributed by atoms with Crippen molar-refractivity contribution in [3.8, 4) is 5.88 Å². The molecule has 0 fully saturated rings. The molecule has 6 nitrogen and oxygen atoms in total. The second-order valence-corrected chi connectivity index (χ2v) is 5.73. The van der Waals surface area contributed by atoms with E-state index in [1.807, 2.05) is 37.5 Å². The average Bonchev–Trinajstić information content (AvgIpc) is 2.95. The highest BCUT2D eigenvalue weighted by Gasteiger charge is 2.12. The largest absolute Gasteiger partial charge is 0.481 e. The third kappa shape index (κ3) is 2.57. The van der Waals surface area contributed by atoms with Gasteiger partial charge in [0, 0.05) is 47.4 Å². The number of nitrogens with one attached hydrogen (secondary N) is 1. The van der Waals surface area contributed by atoms with Crippen LogP contribution in [0.15, 0.2) is 55.0 Å². The molecule has 4 aromatic rings. The zero-order chi connectivity index (χ0) is 17.4. The number of methoxy groups -OCH3 is 1. The fourth-order valence-electron chi connectivity index (χ4n) is 2.97. The topological polar surface area (TPSA) is 69.0 Å². The van der Waals surface area contributed by atoms with Crippen LogP contribution in [0.5, 0.6) is 5.88 Å². The number of benzene rings is 1. The van der Waals surface area contributed by atoms with Crippen molar-refractivity contribution in [1.82, 2.24) is 14.5 Å². The normalized spacial score (nSPS) is 11.0. The molecule has 0 bridgehead atoms. The first-order valence-electron chi connectivity index (χ1n) is 7.81. The van der Waals surface area contributed by atoms with Crippen molar-refractivity contribution in [3.63, 3.8) is 0 Å². The first-order valence-corrected chi connectivity index (χ1v) is 7.81. The summed E-state index contributed by atoms with van der Waals surface area (Å²) in [5.74, 6) is 0.320. The molecule has 0 spiro atoms. The average molecular weight is 332 g/mol. The molecule has 6 heteroatoms. The Morgan fingerprint density at radius 3 is 2.72 bits per heavy atom. The van der Waals surface area contributed by atoms with Crippen LogP contribution in [-0.2, 0) is 7.05 Å².